The molecule has 148 valence electrons. The minimum Gasteiger partial charge on any atom is -0.598 e. The molecule has 0 radical (unpaired) electrons. The quantitative estimate of drug-likeness (QED) is 0.793. The Balaban J connectivity index is 2.17. The number of fused-ring (bicyclic) bond motifs is 1. The van der Waals surface area contributed by atoms with Gasteiger partial charge in [0.05, 0.1) is 16.9 Å². The summed E-state index contributed by atoms with van der Waals surface area (Å²) in [5.74, 6) is 0.664. The Bertz CT molecular complexity index is 929. The number of methoxy groups -OCH3 is 1. The molecule has 0 bridgehead atoms. The minimum atomic E-state index is -1.22. The smallest absolute Gasteiger partial charge is 0.261 e. The lowest BCUT2D eigenvalue weighted by Crippen LogP contribution is -2.40. The van der Waals surface area contributed by atoms with Gasteiger partial charge < -0.3 is 9.29 Å². The predicted octanol–water partition coefficient (Wildman–Crippen LogP) is 2.99. The van der Waals surface area contributed by atoms with Gasteiger partial charge in [-0.3, -0.25) is 9.36 Å². The third-order valence-electron chi connectivity index (χ3n) is 5.16. The monoisotopic (exact) mass is 391 g/mol. The van der Waals surface area contributed by atoms with Crippen LogP contribution in [-0.4, -0.2) is 26.0 Å². The van der Waals surface area contributed by atoms with Crippen molar-refractivity contribution >= 4 is 22.3 Å². The predicted molar refractivity (Wildman–Crippen MR) is 109 cm³/mol. The zero-order valence-corrected chi connectivity index (χ0v) is 18.0. The van der Waals surface area contributed by atoms with Crippen LogP contribution in [0.4, 0.5) is 0 Å². The highest BCUT2D eigenvalue weighted by molar-refractivity contribution is 7.90. The lowest BCUT2D eigenvalue weighted by Gasteiger charge is -2.27. The topological polar surface area (TPSA) is 79.2 Å². The Morgan fingerprint density at radius 3 is 2.52 bits per heavy atom. The van der Waals surface area contributed by atoms with Crippen molar-refractivity contribution in [3.63, 3.8) is 0 Å². The molecule has 3 rings (SSSR count). The first-order chi connectivity index (χ1) is 12.5. The van der Waals surface area contributed by atoms with E-state index in [2.05, 4.69) is 4.72 Å². The molecule has 1 aromatic heterocycles. The molecule has 1 fully saturated rings. The van der Waals surface area contributed by atoms with Crippen LogP contribution in [0.3, 0.4) is 0 Å². The number of nitrogens with zero attached hydrogens (tertiary/aromatic N) is 2. The normalized spacial score (nSPS) is 18.5. The van der Waals surface area contributed by atoms with E-state index in [9.17, 15) is 9.35 Å². The van der Waals surface area contributed by atoms with Gasteiger partial charge in [0.2, 0.25) is 0 Å². The van der Waals surface area contributed by atoms with Gasteiger partial charge in [-0.25, -0.2) is 4.98 Å². The van der Waals surface area contributed by atoms with E-state index in [1.165, 1.54) is 0 Å². The molecule has 2 atom stereocenters. The van der Waals surface area contributed by atoms with Crippen LogP contribution >= 0.6 is 0 Å². The number of ether oxygens (including phenoxy) is 1. The molecule has 1 aromatic carbocycles. The lowest BCUT2D eigenvalue weighted by molar-refractivity contribution is 0.0678. The van der Waals surface area contributed by atoms with Gasteiger partial charge in [0.15, 0.2) is 0 Å². The highest BCUT2D eigenvalue weighted by atomic mass is 32.2. The first-order valence-electron chi connectivity index (χ1n) is 9.25. The number of aromatic nitrogens is 2. The standard InChI is InChI=1S/C20H29N3O3S/c1-12-10-14(13(2)22-27(25)19(3,4)5)16-15(11-12)17(24)23(6)18(21-16)20(26-7)8-9-20/h10-11,13,22H,8-9H2,1-7H3/t13-,27?/m1/s1. The minimum absolute atomic E-state index is 0.0765. The van der Waals surface area contributed by atoms with Crippen LogP contribution in [0.2, 0.25) is 0 Å². The van der Waals surface area contributed by atoms with Gasteiger partial charge in [0.25, 0.3) is 5.56 Å². The van der Waals surface area contributed by atoms with Crippen molar-refractivity contribution < 1.29 is 9.29 Å². The van der Waals surface area contributed by atoms with Crippen molar-refractivity contribution in [2.45, 2.75) is 63.9 Å². The molecule has 1 saturated carbocycles. The van der Waals surface area contributed by atoms with Crippen LogP contribution < -0.4 is 10.3 Å². The molecule has 1 unspecified atom stereocenters. The Morgan fingerprint density at radius 1 is 1.37 bits per heavy atom. The Morgan fingerprint density at radius 2 is 2.00 bits per heavy atom. The Kier molecular flexibility index (Phi) is 5.18. The average molecular weight is 392 g/mol. The molecule has 1 aliphatic carbocycles. The number of nitrogens with one attached hydrogen (secondary N) is 1. The summed E-state index contributed by atoms with van der Waals surface area (Å²) in [5.41, 5.74) is 1.98. The summed E-state index contributed by atoms with van der Waals surface area (Å²) in [7, 11) is 3.41. The van der Waals surface area contributed by atoms with Gasteiger partial charge in [0, 0.05) is 31.1 Å². The van der Waals surface area contributed by atoms with Crippen molar-refractivity contribution in [2.24, 2.45) is 7.05 Å². The van der Waals surface area contributed by atoms with Crippen molar-refractivity contribution in [2.75, 3.05) is 7.11 Å². The molecule has 0 spiro atoms. The fraction of sp³-hybridized carbons (Fsp3) is 0.600. The molecule has 2 aromatic rings. The summed E-state index contributed by atoms with van der Waals surface area (Å²) in [4.78, 5) is 17.9. The van der Waals surface area contributed by atoms with Gasteiger partial charge in [-0.15, -0.1) is 4.72 Å². The van der Waals surface area contributed by atoms with E-state index in [0.717, 1.165) is 24.0 Å². The average Bonchev–Trinajstić information content (AvgIpc) is 3.38. The lowest BCUT2D eigenvalue weighted by atomic mass is 10.0. The Labute approximate surface area is 163 Å². The van der Waals surface area contributed by atoms with Crippen molar-refractivity contribution in [1.82, 2.24) is 14.3 Å². The maximum absolute atomic E-state index is 13.0. The van der Waals surface area contributed by atoms with E-state index in [4.69, 9.17) is 9.72 Å². The summed E-state index contributed by atoms with van der Waals surface area (Å²) in [6, 6.07) is 3.68. The highest BCUT2D eigenvalue weighted by Crippen LogP contribution is 2.47. The van der Waals surface area contributed by atoms with E-state index in [1.807, 2.05) is 46.8 Å². The van der Waals surface area contributed by atoms with E-state index in [1.54, 1.807) is 18.7 Å². The summed E-state index contributed by atoms with van der Waals surface area (Å²) in [5, 5.41) is 0.582. The first kappa shape index (κ1) is 20.3. The molecule has 1 heterocycles. The number of hydrogen-bond acceptors (Lipinski definition) is 5. The van der Waals surface area contributed by atoms with Crippen LogP contribution in [0.25, 0.3) is 10.9 Å². The van der Waals surface area contributed by atoms with E-state index >= 15 is 0 Å². The van der Waals surface area contributed by atoms with Gasteiger partial charge in [0.1, 0.15) is 16.2 Å². The molecule has 6 nitrogen and oxygen atoms in total. The molecular weight excluding hydrogens is 362 g/mol. The number of rotatable bonds is 5. The summed E-state index contributed by atoms with van der Waals surface area (Å²) >= 11 is -1.22. The molecule has 27 heavy (non-hydrogen) atoms. The molecule has 0 aliphatic heterocycles. The largest absolute Gasteiger partial charge is 0.598 e. The fourth-order valence-corrected chi connectivity index (χ4v) is 4.12. The second-order valence-corrected chi connectivity index (χ2v) is 10.5. The fourth-order valence-electron chi connectivity index (χ4n) is 3.32. The van der Waals surface area contributed by atoms with Crippen LogP contribution in [0.15, 0.2) is 16.9 Å². The van der Waals surface area contributed by atoms with Crippen molar-refractivity contribution in [3.8, 4) is 0 Å². The Hall–Kier alpha value is -1.41. The molecule has 7 heteroatoms. The van der Waals surface area contributed by atoms with Crippen molar-refractivity contribution in [1.29, 1.82) is 0 Å². The van der Waals surface area contributed by atoms with Gasteiger partial charge in [-0.05, 0) is 59.1 Å². The zero-order chi connectivity index (χ0) is 20.1. The van der Waals surface area contributed by atoms with Crippen LogP contribution in [0, 0.1) is 6.92 Å². The number of benzene rings is 1. The van der Waals surface area contributed by atoms with E-state index in [-0.39, 0.29) is 16.3 Å². The second-order valence-electron chi connectivity index (χ2n) is 8.47. The maximum atomic E-state index is 13.0. The second kappa shape index (κ2) is 6.88. The van der Waals surface area contributed by atoms with Crippen LogP contribution in [0.5, 0.6) is 0 Å². The van der Waals surface area contributed by atoms with Crippen LogP contribution in [0.1, 0.15) is 63.5 Å². The van der Waals surface area contributed by atoms with Gasteiger partial charge >= 0.3 is 0 Å². The zero-order valence-electron chi connectivity index (χ0n) is 17.2. The third kappa shape index (κ3) is 3.66. The van der Waals surface area contributed by atoms with E-state index < -0.39 is 17.0 Å². The molecule has 1 N–H and O–H groups in total. The number of hydrogen-bond donors (Lipinski definition) is 1. The SMILES string of the molecule is COC1(c2nc3c([C@@H](C)N[S+]([O-])C(C)(C)C)cc(C)cc3c(=O)n2C)CC1. The summed E-state index contributed by atoms with van der Waals surface area (Å²) in [6.45, 7) is 9.71. The highest BCUT2D eigenvalue weighted by Gasteiger charge is 2.48. The van der Waals surface area contributed by atoms with Crippen molar-refractivity contribution in [3.05, 3.63) is 39.4 Å². The van der Waals surface area contributed by atoms with E-state index in [0.29, 0.717) is 16.7 Å². The van der Waals surface area contributed by atoms with Gasteiger partial charge in [-0.1, -0.05) is 6.07 Å². The third-order valence-corrected chi connectivity index (χ3v) is 6.84. The molecular formula is C20H29N3O3S. The van der Waals surface area contributed by atoms with Crippen LogP contribution in [-0.2, 0) is 28.7 Å². The summed E-state index contributed by atoms with van der Waals surface area (Å²) < 4.78 is 22.6. The first-order valence-corrected chi connectivity index (χ1v) is 10.4. The molecule has 1 aliphatic rings. The number of aryl methyl sites for hydroxylation is 1. The molecule has 0 amide bonds. The molecule has 0 saturated heterocycles. The maximum Gasteiger partial charge on any atom is 0.261 e. The van der Waals surface area contributed by atoms with Gasteiger partial charge in [-0.2, -0.15) is 0 Å². The summed E-state index contributed by atoms with van der Waals surface area (Å²) in [6.07, 6.45) is 1.72.